The van der Waals surface area contributed by atoms with Gasteiger partial charge in [-0.1, -0.05) is 30.3 Å². The second-order valence-corrected chi connectivity index (χ2v) is 4.35. The lowest BCUT2D eigenvalue weighted by atomic mass is 10.1. The largest absolute Gasteiger partial charge is 0.383 e. The number of primary amides is 1. The van der Waals surface area contributed by atoms with E-state index in [2.05, 4.69) is 10.4 Å². The summed E-state index contributed by atoms with van der Waals surface area (Å²) in [6.07, 6.45) is 1.82. The Morgan fingerprint density at radius 3 is 2.80 bits per heavy atom. The van der Waals surface area contributed by atoms with Crippen LogP contribution < -0.4 is 11.1 Å². The molecule has 2 aromatic rings. The molecule has 0 aliphatic rings. The van der Waals surface area contributed by atoms with Gasteiger partial charge in [-0.2, -0.15) is 5.10 Å². The Labute approximate surface area is 117 Å². The summed E-state index contributed by atoms with van der Waals surface area (Å²) in [7, 11) is 1.64. The van der Waals surface area contributed by atoms with E-state index in [1.54, 1.807) is 17.9 Å². The Kier molecular flexibility index (Phi) is 4.73. The molecule has 2 rings (SSSR count). The molecular formula is C14H18N4O2. The minimum Gasteiger partial charge on any atom is -0.383 e. The van der Waals surface area contributed by atoms with Crippen LogP contribution in [0.3, 0.4) is 0 Å². The zero-order chi connectivity index (χ0) is 14.4. The highest BCUT2D eigenvalue weighted by Gasteiger charge is 2.18. The molecule has 106 valence electrons. The molecule has 0 aliphatic heterocycles. The van der Waals surface area contributed by atoms with E-state index in [1.165, 1.54) is 0 Å². The van der Waals surface area contributed by atoms with Crippen LogP contribution in [0.25, 0.3) is 0 Å². The first-order valence-corrected chi connectivity index (χ1v) is 6.34. The Morgan fingerprint density at radius 1 is 1.40 bits per heavy atom. The first-order valence-electron chi connectivity index (χ1n) is 6.34. The number of anilines is 1. The van der Waals surface area contributed by atoms with Gasteiger partial charge in [-0.25, -0.2) is 0 Å². The van der Waals surface area contributed by atoms with Gasteiger partial charge in [0.2, 0.25) is 5.91 Å². The van der Waals surface area contributed by atoms with E-state index in [-0.39, 0.29) is 0 Å². The SMILES string of the molecule is COCCn1ccc(NC(C(N)=O)c2ccccc2)n1. The molecule has 6 heteroatoms. The van der Waals surface area contributed by atoms with Crippen molar-refractivity contribution in [1.82, 2.24) is 9.78 Å². The molecule has 1 aromatic heterocycles. The summed E-state index contributed by atoms with van der Waals surface area (Å²) in [6.45, 7) is 1.24. The van der Waals surface area contributed by atoms with Crippen molar-refractivity contribution in [2.75, 3.05) is 19.0 Å². The second-order valence-electron chi connectivity index (χ2n) is 4.35. The molecular weight excluding hydrogens is 256 g/mol. The van der Waals surface area contributed by atoms with Gasteiger partial charge in [-0.15, -0.1) is 0 Å². The number of aromatic nitrogens is 2. The molecule has 1 amide bonds. The maximum absolute atomic E-state index is 11.6. The summed E-state index contributed by atoms with van der Waals surface area (Å²) in [5, 5.41) is 7.36. The number of rotatable bonds is 7. The Balaban J connectivity index is 2.09. The van der Waals surface area contributed by atoms with Crippen LogP contribution in [0.4, 0.5) is 5.82 Å². The lowest BCUT2D eigenvalue weighted by Gasteiger charge is -2.15. The summed E-state index contributed by atoms with van der Waals surface area (Å²) in [4.78, 5) is 11.6. The second kappa shape index (κ2) is 6.72. The molecule has 1 atom stereocenters. The number of nitrogens with one attached hydrogen (secondary N) is 1. The predicted molar refractivity (Wildman–Crippen MR) is 76.1 cm³/mol. The van der Waals surface area contributed by atoms with Crippen molar-refractivity contribution in [3.63, 3.8) is 0 Å². The Hall–Kier alpha value is -2.34. The third-order valence-electron chi connectivity index (χ3n) is 2.87. The number of carbonyl (C=O) groups excluding carboxylic acids is 1. The van der Waals surface area contributed by atoms with Crippen molar-refractivity contribution in [3.05, 3.63) is 48.2 Å². The minimum atomic E-state index is -0.595. The topological polar surface area (TPSA) is 82.2 Å². The average Bonchev–Trinajstić information content (AvgIpc) is 2.91. The monoisotopic (exact) mass is 274 g/mol. The van der Waals surface area contributed by atoms with E-state index in [9.17, 15) is 4.79 Å². The van der Waals surface area contributed by atoms with Gasteiger partial charge in [0.1, 0.15) is 11.9 Å². The van der Waals surface area contributed by atoms with Crippen LogP contribution in [-0.2, 0) is 16.1 Å². The lowest BCUT2D eigenvalue weighted by molar-refractivity contribution is -0.118. The van der Waals surface area contributed by atoms with Gasteiger partial charge in [-0.3, -0.25) is 9.48 Å². The van der Waals surface area contributed by atoms with Crippen LogP contribution in [0.5, 0.6) is 0 Å². The Bertz CT molecular complexity index is 553. The molecule has 1 heterocycles. The van der Waals surface area contributed by atoms with E-state index < -0.39 is 11.9 Å². The number of nitrogens with two attached hydrogens (primary N) is 1. The van der Waals surface area contributed by atoms with Gasteiger partial charge in [-0.05, 0) is 5.56 Å². The molecule has 0 aliphatic carbocycles. The maximum Gasteiger partial charge on any atom is 0.244 e. The summed E-state index contributed by atoms with van der Waals surface area (Å²) in [5.74, 6) is 0.163. The molecule has 0 fully saturated rings. The van der Waals surface area contributed by atoms with Crippen molar-refractivity contribution in [3.8, 4) is 0 Å². The summed E-state index contributed by atoms with van der Waals surface area (Å²) < 4.78 is 6.73. The first kappa shape index (κ1) is 14.1. The number of hydrogen-bond acceptors (Lipinski definition) is 4. The van der Waals surface area contributed by atoms with E-state index in [0.29, 0.717) is 19.0 Å². The average molecular weight is 274 g/mol. The number of benzene rings is 1. The van der Waals surface area contributed by atoms with Gasteiger partial charge < -0.3 is 15.8 Å². The van der Waals surface area contributed by atoms with Crippen LogP contribution in [0.2, 0.25) is 0 Å². The maximum atomic E-state index is 11.6. The predicted octanol–water partition coefficient (Wildman–Crippen LogP) is 1.17. The molecule has 3 N–H and O–H groups in total. The number of amides is 1. The minimum absolute atomic E-state index is 0.442. The summed E-state index contributed by atoms with van der Waals surface area (Å²) in [6, 6.07) is 10.5. The lowest BCUT2D eigenvalue weighted by Crippen LogP contribution is -2.27. The molecule has 0 saturated heterocycles. The first-order chi connectivity index (χ1) is 9.70. The molecule has 1 aromatic carbocycles. The van der Waals surface area contributed by atoms with E-state index in [4.69, 9.17) is 10.5 Å². The van der Waals surface area contributed by atoms with Crippen molar-refractivity contribution < 1.29 is 9.53 Å². The van der Waals surface area contributed by atoms with Crippen LogP contribution >= 0.6 is 0 Å². The number of methoxy groups -OCH3 is 1. The smallest absolute Gasteiger partial charge is 0.244 e. The highest BCUT2D eigenvalue weighted by Crippen LogP contribution is 2.17. The number of nitrogens with zero attached hydrogens (tertiary/aromatic N) is 2. The van der Waals surface area contributed by atoms with Crippen molar-refractivity contribution in [1.29, 1.82) is 0 Å². The third-order valence-corrected chi connectivity index (χ3v) is 2.87. The van der Waals surface area contributed by atoms with Crippen molar-refractivity contribution >= 4 is 11.7 Å². The third kappa shape index (κ3) is 3.58. The summed E-state index contributed by atoms with van der Waals surface area (Å²) in [5.41, 5.74) is 6.26. The summed E-state index contributed by atoms with van der Waals surface area (Å²) >= 11 is 0. The number of hydrogen-bond donors (Lipinski definition) is 2. The van der Waals surface area contributed by atoms with Crippen LogP contribution in [0, 0.1) is 0 Å². The van der Waals surface area contributed by atoms with Gasteiger partial charge >= 0.3 is 0 Å². The number of ether oxygens (including phenoxy) is 1. The normalized spacial score (nSPS) is 12.1. The fourth-order valence-electron chi connectivity index (χ4n) is 1.86. The van der Waals surface area contributed by atoms with Gasteiger partial charge in [0.15, 0.2) is 0 Å². The zero-order valence-electron chi connectivity index (χ0n) is 11.3. The fourth-order valence-corrected chi connectivity index (χ4v) is 1.86. The highest BCUT2D eigenvalue weighted by atomic mass is 16.5. The van der Waals surface area contributed by atoms with Gasteiger partial charge in [0.05, 0.1) is 13.2 Å². The molecule has 1 unspecified atom stereocenters. The fraction of sp³-hybridized carbons (Fsp3) is 0.286. The van der Waals surface area contributed by atoms with Gasteiger partial charge in [0, 0.05) is 19.4 Å². The highest BCUT2D eigenvalue weighted by molar-refractivity contribution is 5.84. The zero-order valence-corrected chi connectivity index (χ0v) is 11.3. The molecule has 0 saturated carbocycles. The van der Waals surface area contributed by atoms with Gasteiger partial charge in [0.25, 0.3) is 0 Å². The van der Waals surface area contributed by atoms with Crippen LogP contribution in [-0.4, -0.2) is 29.4 Å². The van der Waals surface area contributed by atoms with Crippen molar-refractivity contribution in [2.24, 2.45) is 5.73 Å². The van der Waals surface area contributed by atoms with E-state index in [0.717, 1.165) is 5.56 Å². The molecule has 0 bridgehead atoms. The Morgan fingerprint density at radius 2 is 2.15 bits per heavy atom. The van der Waals surface area contributed by atoms with Crippen molar-refractivity contribution in [2.45, 2.75) is 12.6 Å². The molecule has 0 spiro atoms. The van der Waals surface area contributed by atoms with E-state index in [1.807, 2.05) is 36.5 Å². The van der Waals surface area contributed by atoms with Crippen LogP contribution in [0.15, 0.2) is 42.6 Å². The standard InChI is InChI=1S/C14H18N4O2/c1-20-10-9-18-8-7-12(17-18)16-13(14(15)19)11-5-3-2-4-6-11/h2-8,13H,9-10H2,1H3,(H2,15,19)(H,16,17). The molecule has 0 radical (unpaired) electrons. The number of carbonyl (C=O) groups is 1. The molecule has 20 heavy (non-hydrogen) atoms. The van der Waals surface area contributed by atoms with E-state index >= 15 is 0 Å². The van der Waals surface area contributed by atoms with Crippen LogP contribution in [0.1, 0.15) is 11.6 Å². The molecule has 6 nitrogen and oxygen atoms in total. The quantitative estimate of drug-likeness (QED) is 0.794.